The third kappa shape index (κ3) is 3.47. The second-order valence-corrected chi connectivity index (χ2v) is 5.60. The fourth-order valence-corrected chi connectivity index (χ4v) is 3.09. The Morgan fingerprint density at radius 2 is 2.31 bits per heavy atom. The van der Waals surface area contributed by atoms with Crippen LogP contribution in [0.4, 0.5) is 0 Å². The normalized spacial score (nSPS) is 23.2. The van der Waals surface area contributed by atoms with Gasteiger partial charge in [-0.2, -0.15) is 11.8 Å². The summed E-state index contributed by atoms with van der Waals surface area (Å²) < 4.78 is 5.89. The molecule has 0 aromatic carbocycles. The van der Waals surface area contributed by atoms with Crippen molar-refractivity contribution in [2.24, 2.45) is 0 Å². The van der Waals surface area contributed by atoms with Gasteiger partial charge in [-0.25, -0.2) is 0 Å². The summed E-state index contributed by atoms with van der Waals surface area (Å²) in [7, 11) is 0. The Hall–Kier alpha value is 0.240. The molecule has 0 N–H and O–H groups in total. The molecule has 1 heterocycles. The molecule has 1 aliphatic heterocycles. The van der Waals surface area contributed by atoms with Gasteiger partial charge >= 0.3 is 0 Å². The van der Waals surface area contributed by atoms with Crippen molar-refractivity contribution in [3.8, 4) is 0 Å². The minimum absolute atomic E-state index is 0.439. The maximum Gasteiger partial charge on any atom is 0.117 e. The molecule has 0 saturated heterocycles. The summed E-state index contributed by atoms with van der Waals surface area (Å²) in [4.78, 5) is 1.38. The van der Waals surface area contributed by atoms with Gasteiger partial charge in [-0.3, -0.25) is 0 Å². The zero-order valence-corrected chi connectivity index (χ0v) is 10.3. The van der Waals surface area contributed by atoms with E-state index in [9.17, 15) is 0 Å². The van der Waals surface area contributed by atoms with Gasteiger partial charge in [0.15, 0.2) is 0 Å². The number of thioether (sulfide) groups is 2. The summed E-state index contributed by atoms with van der Waals surface area (Å²) in [5.74, 6) is 4.66. The molecule has 1 rings (SSSR count). The van der Waals surface area contributed by atoms with Crippen LogP contribution in [0.1, 0.15) is 27.2 Å². The summed E-state index contributed by atoms with van der Waals surface area (Å²) in [6, 6.07) is 0. The first kappa shape index (κ1) is 11.3. The minimum atomic E-state index is 0.439. The largest absolute Gasteiger partial charge is 0.492 e. The number of hydrogen-bond donors (Lipinski definition) is 0. The van der Waals surface area contributed by atoms with Crippen LogP contribution in [0.3, 0.4) is 0 Å². The lowest BCUT2D eigenvalue weighted by atomic mass is 10.3. The van der Waals surface area contributed by atoms with Gasteiger partial charge in [0.05, 0.1) is 0 Å². The molecule has 0 amide bonds. The fraction of sp³-hybridized carbons (Fsp3) is 0.800. The lowest BCUT2D eigenvalue weighted by Gasteiger charge is -2.26. The second kappa shape index (κ2) is 5.86. The highest BCUT2D eigenvalue weighted by Crippen LogP contribution is 2.31. The van der Waals surface area contributed by atoms with Crippen LogP contribution in [0, 0.1) is 0 Å². The molecule has 0 spiro atoms. The summed E-state index contributed by atoms with van der Waals surface area (Å²) in [6.07, 6.45) is 1.47. The first-order chi connectivity index (χ1) is 6.27. The lowest BCUT2D eigenvalue weighted by Crippen LogP contribution is -2.22. The Morgan fingerprint density at radius 1 is 1.54 bits per heavy atom. The highest BCUT2D eigenvalue weighted by atomic mass is 32.2. The molecule has 76 valence electrons. The van der Waals surface area contributed by atoms with E-state index in [1.807, 2.05) is 23.5 Å². The molecule has 1 aliphatic rings. The van der Waals surface area contributed by atoms with Crippen molar-refractivity contribution >= 4 is 23.5 Å². The topological polar surface area (TPSA) is 9.23 Å². The smallest absolute Gasteiger partial charge is 0.117 e. The van der Waals surface area contributed by atoms with E-state index < -0.39 is 0 Å². The molecule has 0 aromatic rings. The van der Waals surface area contributed by atoms with Crippen molar-refractivity contribution in [2.75, 3.05) is 17.3 Å². The molecule has 0 radical (unpaired) electrons. The molecule has 3 heteroatoms. The number of hydrogen-bond acceptors (Lipinski definition) is 3. The van der Waals surface area contributed by atoms with Crippen LogP contribution >= 0.6 is 23.5 Å². The minimum Gasteiger partial charge on any atom is -0.492 e. The maximum absolute atomic E-state index is 5.89. The first-order valence-electron chi connectivity index (χ1n) is 4.84. The fourth-order valence-electron chi connectivity index (χ4n) is 1.28. The van der Waals surface area contributed by atoms with Crippen molar-refractivity contribution in [2.45, 2.75) is 33.3 Å². The molecule has 1 nitrogen and oxygen atoms in total. The SMILES string of the molecule is CCSCC1CSC(C)=C(CC)O1. The lowest BCUT2D eigenvalue weighted by molar-refractivity contribution is 0.144. The molecule has 13 heavy (non-hydrogen) atoms. The van der Waals surface area contributed by atoms with Crippen molar-refractivity contribution in [1.29, 1.82) is 0 Å². The highest BCUT2D eigenvalue weighted by molar-refractivity contribution is 8.03. The Bertz CT molecular complexity index is 189. The van der Waals surface area contributed by atoms with Gasteiger partial charge in [-0.15, -0.1) is 11.8 Å². The zero-order valence-electron chi connectivity index (χ0n) is 8.63. The van der Waals surface area contributed by atoms with Crippen molar-refractivity contribution in [3.05, 3.63) is 10.7 Å². The van der Waals surface area contributed by atoms with E-state index in [0.717, 1.165) is 17.9 Å². The summed E-state index contributed by atoms with van der Waals surface area (Å²) in [5, 5.41) is 0. The van der Waals surface area contributed by atoms with Gasteiger partial charge in [0.25, 0.3) is 0 Å². The predicted octanol–water partition coefficient (Wildman–Crippen LogP) is 3.51. The van der Waals surface area contributed by atoms with E-state index in [0.29, 0.717) is 6.10 Å². The number of rotatable bonds is 4. The summed E-state index contributed by atoms with van der Waals surface area (Å²) in [5.41, 5.74) is 0. The van der Waals surface area contributed by atoms with E-state index in [1.54, 1.807) is 0 Å². The predicted molar refractivity (Wildman–Crippen MR) is 63.3 cm³/mol. The van der Waals surface area contributed by atoms with Crippen molar-refractivity contribution in [1.82, 2.24) is 0 Å². The Morgan fingerprint density at radius 3 is 2.92 bits per heavy atom. The van der Waals surface area contributed by atoms with Crippen LogP contribution in [0.2, 0.25) is 0 Å². The first-order valence-corrected chi connectivity index (χ1v) is 6.98. The van der Waals surface area contributed by atoms with Crippen LogP contribution in [-0.2, 0) is 4.74 Å². The Kier molecular flexibility index (Phi) is 5.10. The zero-order chi connectivity index (χ0) is 9.68. The van der Waals surface area contributed by atoms with Crippen molar-refractivity contribution < 1.29 is 4.74 Å². The summed E-state index contributed by atoms with van der Waals surface area (Å²) >= 11 is 3.92. The van der Waals surface area contributed by atoms with Crippen molar-refractivity contribution in [3.63, 3.8) is 0 Å². The number of allylic oxidation sites excluding steroid dienone is 2. The average molecular weight is 218 g/mol. The third-order valence-corrected chi connectivity index (χ3v) is 4.23. The molecule has 1 atom stereocenters. The summed E-state index contributed by atoms with van der Waals surface area (Å²) in [6.45, 7) is 6.52. The highest BCUT2D eigenvalue weighted by Gasteiger charge is 2.18. The van der Waals surface area contributed by atoms with E-state index >= 15 is 0 Å². The van der Waals surface area contributed by atoms with Gasteiger partial charge in [0.1, 0.15) is 11.9 Å². The van der Waals surface area contributed by atoms with E-state index in [4.69, 9.17) is 4.74 Å². The van der Waals surface area contributed by atoms with Gasteiger partial charge in [-0.05, 0) is 12.7 Å². The van der Waals surface area contributed by atoms with Crippen LogP contribution < -0.4 is 0 Å². The molecule has 0 bridgehead atoms. The molecule has 0 fully saturated rings. The molecular weight excluding hydrogens is 200 g/mol. The monoisotopic (exact) mass is 218 g/mol. The van der Waals surface area contributed by atoms with Crippen LogP contribution in [0.15, 0.2) is 10.7 Å². The number of ether oxygens (including phenoxy) is 1. The van der Waals surface area contributed by atoms with Gasteiger partial charge in [0, 0.05) is 22.8 Å². The molecular formula is C10H18OS2. The second-order valence-electron chi connectivity index (χ2n) is 3.04. The third-order valence-electron chi connectivity index (χ3n) is 2.02. The van der Waals surface area contributed by atoms with Gasteiger partial charge < -0.3 is 4.74 Å². The molecule has 0 aliphatic carbocycles. The molecule has 1 unspecified atom stereocenters. The van der Waals surface area contributed by atoms with Crippen LogP contribution in [0.25, 0.3) is 0 Å². The Labute approximate surface area is 89.7 Å². The quantitative estimate of drug-likeness (QED) is 0.714. The standard InChI is InChI=1S/C10H18OS2/c1-4-10-8(3)13-7-9(11-10)6-12-5-2/h9H,4-7H2,1-3H3. The van der Waals surface area contributed by atoms with Crippen LogP contribution in [0.5, 0.6) is 0 Å². The molecule has 0 aromatic heterocycles. The Balaban J connectivity index is 2.40. The van der Waals surface area contributed by atoms with Gasteiger partial charge in [0.2, 0.25) is 0 Å². The molecule has 0 saturated carbocycles. The maximum atomic E-state index is 5.89. The van der Waals surface area contributed by atoms with E-state index in [-0.39, 0.29) is 0 Å². The van der Waals surface area contributed by atoms with Gasteiger partial charge in [-0.1, -0.05) is 13.8 Å². The van der Waals surface area contributed by atoms with E-state index in [1.165, 1.54) is 16.4 Å². The van der Waals surface area contributed by atoms with E-state index in [2.05, 4.69) is 20.8 Å². The average Bonchev–Trinajstić information content (AvgIpc) is 2.16. The van der Waals surface area contributed by atoms with Crippen LogP contribution in [-0.4, -0.2) is 23.4 Å².